The predicted molar refractivity (Wildman–Crippen MR) is 91.7 cm³/mol. The molecule has 1 aliphatic heterocycles. The van der Waals surface area contributed by atoms with Crippen molar-refractivity contribution in [3.05, 3.63) is 40.4 Å². The van der Waals surface area contributed by atoms with E-state index in [0.29, 0.717) is 16.8 Å². The fraction of sp³-hybridized carbons (Fsp3) is 0.400. The Labute approximate surface area is 149 Å². The van der Waals surface area contributed by atoms with E-state index >= 15 is 0 Å². The Bertz CT molecular complexity index is 943. The van der Waals surface area contributed by atoms with Crippen LogP contribution in [-0.4, -0.2) is 31.4 Å². The number of alkyl halides is 3. The maximum Gasteiger partial charge on any atom is 0.652 e. The predicted octanol–water partition coefficient (Wildman–Crippen LogP) is 3.93. The summed E-state index contributed by atoms with van der Waals surface area (Å²) in [5.74, 6) is 0. The largest absolute Gasteiger partial charge is 0.652 e. The van der Waals surface area contributed by atoms with Crippen LogP contribution in [0.15, 0.2) is 28.4 Å². The molecule has 0 saturated heterocycles. The van der Waals surface area contributed by atoms with Crippen LogP contribution in [0.4, 0.5) is 17.5 Å². The van der Waals surface area contributed by atoms with E-state index in [4.69, 9.17) is 0 Å². The second-order valence-corrected chi connectivity index (χ2v) is 7.59. The van der Waals surface area contributed by atoms with Gasteiger partial charge in [0, 0.05) is 17.1 Å². The molecular formula is C15H17BF4N2O3S. The second-order valence-electron chi connectivity index (χ2n) is 6.03. The van der Waals surface area contributed by atoms with Crippen molar-refractivity contribution in [1.82, 2.24) is 4.48 Å². The van der Waals surface area contributed by atoms with Crippen LogP contribution < -0.4 is 0 Å². The fourth-order valence-corrected chi connectivity index (χ4v) is 3.33. The molecule has 1 aliphatic rings. The Morgan fingerprint density at radius 2 is 1.81 bits per heavy atom. The number of aromatic nitrogens is 1. The molecule has 0 spiro atoms. The molecule has 26 heavy (non-hydrogen) atoms. The van der Waals surface area contributed by atoms with E-state index < -0.39 is 23.0 Å². The van der Waals surface area contributed by atoms with Crippen molar-refractivity contribution in [2.45, 2.75) is 40.1 Å². The second kappa shape index (κ2) is 6.69. The number of aryl methyl sites for hydroxylation is 2. The van der Waals surface area contributed by atoms with Crippen molar-refractivity contribution in [3.8, 4) is 0 Å². The molecule has 0 aliphatic carbocycles. The van der Waals surface area contributed by atoms with Crippen molar-refractivity contribution in [3.63, 3.8) is 0 Å². The molecule has 0 atom stereocenters. The van der Waals surface area contributed by atoms with E-state index in [1.807, 2.05) is 6.08 Å². The number of hydrogen-bond acceptors (Lipinski definition) is 4. The lowest BCUT2D eigenvalue weighted by molar-refractivity contribution is -0.0505. The average molecular weight is 392 g/mol. The van der Waals surface area contributed by atoms with Crippen molar-refractivity contribution < 1.29 is 30.0 Å². The minimum absolute atomic E-state index is 0.211. The summed E-state index contributed by atoms with van der Waals surface area (Å²) in [4.78, 5) is 4.34. The molecule has 0 bridgehead atoms. The van der Waals surface area contributed by atoms with Crippen LogP contribution in [-0.2, 0) is 14.2 Å². The third-order valence-corrected chi connectivity index (χ3v) is 4.89. The minimum atomic E-state index is -6.08. The zero-order chi connectivity index (χ0) is 20.0. The quantitative estimate of drug-likeness (QED) is 0.443. The van der Waals surface area contributed by atoms with Gasteiger partial charge in [-0.1, -0.05) is 0 Å². The lowest BCUT2D eigenvalue weighted by Gasteiger charge is -2.16. The van der Waals surface area contributed by atoms with E-state index in [0.717, 1.165) is 15.8 Å². The van der Waals surface area contributed by atoms with Crippen LogP contribution in [0.1, 0.15) is 37.7 Å². The van der Waals surface area contributed by atoms with Crippen molar-refractivity contribution >= 4 is 28.7 Å². The average Bonchev–Trinajstić information content (AvgIpc) is 2.94. The van der Waals surface area contributed by atoms with Gasteiger partial charge in [-0.2, -0.15) is 21.6 Å². The van der Waals surface area contributed by atoms with Crippen LogP contribution in [0.2, 0.25) is 0 Å². The summed E-state index contributed by atoms with van der Waals surface area (Å²) in [6.07, 6.45) is 1.81. The zero-order valence-electron chi connectivity index (χ0n) is 14.8. The zero-order valence-corrected chi connectivity index (χ0v) is 15.6. The van der Waals surface area contributed by atoms with Crippen molar-refractivity contribution in [1.29, 1.82) is 0 Å². The molecule has 142 valence electrons. The van der Waals surface area contributed by atoms with E-state index in [1.54, 1.807) is 27.7 Å². The normalized spacial score (nSPS) is 17.3. The minimum Gasteiger partial charge on any atom is -0.332 e. The van der Waals surface area contributed by atoms with Crippen LogP contribution in [0, 0.1) is 13.8 Å². The first-order chi connectivity index (χ1) is 11.8. The molecule has 0 saturated carbocycles. The molecule has 1 aromatic heterocycles. The summed E-state index contributed by atoms with van der Waals surface area (Å²) in [5.41, 5.74) is -2.14. The molecule has 2 heterocycles. The molecular weight excluding hydrogens is 375 g/mol. The molecule has 0 radical (unpaired) electrons. The van der Waals surface area contributed by atoms with Gasteiger partial charge in [-0.25, -0.2) is 0 Å². The number of aliphatic imine (C=N–C) groups is 1. The lowest BCUT2D eigenvalue weighted by atomic mass is 10.0. The van der Waals surface area contributed by atoms with E-state index in [-0.39, 0.29) is 11.4 Å². The standard InChI is InChI=1S/C15H17BF4N2O3S/c1-8-6-10(3)21-13(8)12(5)14-9(2)7-11(4)22(14)16(20)25-26(23,24)15(17,18)19/h6-7H,1-5H3/b13-12-. The highest BCUT2D eigenvalue weighted by atomic mass is 32.2. The lowest BCUT2D eigenvalue weighted by Crippen LogP contribution is -2.35. The Morgan fingerprint density at radius 3 is 2.27 bits per heavy atom. The number of hydrogen-bond donors (Lipinski definition) is 0. The molecule has 0 aromatic carbocycles. The van der Waals surface area contributed by atoms with Crippen LogP contribution in [0.3, 0.4) is 0 Å². The van der Waals surface area contributed by atoms with E-state index in [2.05, 4.69) is 9.09 Å². The summed E-state index contributed by atoms with van der Waals surface area (Å²) in [6.45, 7) is 8.29. The Balaban J connectivity index is 2.57. The highest BCUT2D eigenvalue weighted by molar-refractivity contribution is 7.88. The maximum absolute atomic E-state index is 14.5. The molecule has 0 unspecified atom stereocenters. The van der Waals surface area contributed by atoms with Gasteiger partial charge in [0.1, 0.15) is 0 Å². The molecule has 0 fully saturated rings. The van der Waals surface area contributed by atoms with Gasteiger partial charge in [0.25, 0.3) is 0 Å². The van der Waals surface area contributed by atoms with Gasteiger partial charge < -0.3 is 4.48 Å². The van der Waals surface area contributed by atoms with Gasteiger partial charge in [0.15, 0.2) is 0 Å². The summed E-state index contributed by atoms with van der Waals surface area (Å²) < 4.78 is 78.8. The number of rotatable bonds is 4. The summed E-state index contributed by atoms with van der Waals surface area (Å²) >= 11 is 0. The summed E-state index contributed by atoms with van der Waals surface area (Å²) in [7, 11) is -8.95. The van der Waals surface area contributed by atoms with Gasteiger partial charge in [-0.05, 0) is 63.5 Å². The van der Waals surface area contributed by atoms with Gasteiger partial charge in [0.05, 0.1) is 5.70 Å². The maximum atomic E-state index is 14.5. The van der Waals surface area contributed by atoms with Gasteiger partial charge >= 0.3 is 23.0 Å². The molecule has 2 rings (SSSR count). The Morgan fingerprint density at radius 1 is 1.23 bits per heavy atom. The first kappa shape index (κ1) is 20.4. The van der Waals surface area contributed by atoms with Crippen LogP contribution >= 0.6 is 0 Å². The topological polar surface area (TPSA) is 60.7 Å². The highest BCUT2D eigenvalue weighted by Gasteiger charge is 2.50. The van der Waals surface area contributed by atoms with E-state index in [1.165, 1.54) is 13.0 Å². The monoisotopic (exact) mass is 392 g/mol. The fourth-order valence-electron chi connectivity index (χ4n) is 2.93. The van der Waals surface area contributed by atoms with Gasteiger partial charge in [-0.15, -0.1) is 0 Å². The molecule has 5 nitrogen and oxygen atoms in total. The molecule has 0 N–H and O–H groups in total. The van der Waals surface area contributed by atoms with Crippen molar-refractivity contribution in [2.75, 3.05) is 0 Å². The Kier molecular flexibility index (Phi) is 5.26. The van der Waals surface area contributed by atoms with Gasteiger partial charge in [-0.3, -0.25) is 13.4 Å². The third-order valence-electron chi connectivity index (χ3n) is 3.91. The highest BCUT2D eigenvalue weighted by Crippen LogP contribution is 2.33. The van der Waals surface area contributed by atoms with Crippen LogP contribution in [0.25, 0.3) is 5.57 Å². The third kappa shape index (κ3) is 3.63. The molecule has 1 aromatic rings. The molecule has 11 heteroatoms. The van der Waals surface area contributed by atoms with Gasteiger partial charge in [0.2, 0.25) is 0 Å². The number of halogens is 4. The van der Waals surface area contributed by atoms with Crippen molar-refractivity contribution in [2.24, 2.45) is 4.99 Å². The Hall–Kier alpha value is -1.88. The number of allylic oxidation sites excluding steroid dienone is 3. The smallest absolute Gasteiger partial charge is 0.332 e. The summed E-state index contributed by atoms with van der Waals surface area (Å²) in [5, 5.41) is 0. The molecule has 0 amide bonds. The summed E-state index contributed by atoms with van der Waals surface area (Å²) in [6, 6.07) is 1.53. The SMILES string of the molecule is CC1=CC(C)=N/C1=C(/C)c1c(C)cc(C)n1B(F)OS(=O)(=O)C(F)(F)F. The first-order valence-corrected chi connectivity index (χ1v) is 8.94. The first-order valence-electron chi connectivity index (χ1n) is 7.53. The van der Waals surface area contributed by atoms with Crippen LogP contribution in [0.5, 0.6) is 0 Å². The van der Waals surface area contributed by atoms with E-state index in [9.17, 15) is 25.9 Å². The number of nitrogens with zero attached hydrogens (tertiary/aromatic N) is 2.